The molecule has 5 heteroatoms. The molecule has 0 heterocycles. The Bertz CT molecular complexity index is 605. The molecule has 0 radical (unpaired) electrons. The van der Waals surface area contributed by atoms with Gasteiger partial charge in [-0.3, -0.25) is 0 Å². The zero-order valence-corrected chi connectivity index (χ0v) is 17.3. The molecule has 5 atom stereocenters. The number of hydrogen-bond donors (Lipinski definition) is 2. The van der Waals surface area contributed by atoms with Crippen LogP contribution in [0.3, 0.4) is 0 Å². The second-order valence-electron chi connectivity index (χ2n) is 8.47. The third kappa shape index (κ3) is 5.26. The first kappa shape index (κ1) is 21.6. The summed E-state index contributed by atoms with van der Waals surface area (Å²) in [5, 5.41) is 21.0. The predicted octanol–water partition coefficient (Wildman–Crippen LogP) is 4.03. The summed E-state index contributed by atoms with van der Waals surface area (Å²) < 4.78 is 5.73. The molecule has 1 aromatic carbocycles. The molecule has 2 N–H and O–H groups in total. The number of hydrogen-bond acceptors (Lipinski definition) is 5. The van der Waals surface area contributed by atoms with Crippen LogP contribution in [0, 0.1) is 17.8 Å². The number of benzene rings is 1. The fourth-order valence-corrected chi connectivity index (χ4v) is 5.23. The molecule has 2 aliphatic rings. The number of aliphatic hydroxyl groups excluding tert-OH is 2. The Morgan fingerprint density at radius 3 is 2.82 bits per heavy atom. The Kier molecular flexibility index (Phi) is 8.15. The van der Waals surface area contributed by atoms with E-state index in [1.807, 2.05) is 12.1 Å². The summed E-state index contributed by atoms with van der Waals surface area (Å²) in [5.41, 5.74) is 2.56. The quantitative estimate of drug-likeness (QED) is 0.257. The minimum absolute atomic E-state index is 0.0716. The van der Waals surface area contributed by atoms with Crippen molar-refractivity contribution >= 4 is 0 Å². The van der Waals surface area contributed by atoms with E-state index in [2.05, 4.69) is 17.9 Å². The molecule has 5 nitrogen and oxygen atoms in total. The first-order chi connectivity index (χ1) is 13.6. The lowest BCUT2D eigenvalue weighted by atomic mass is 9.73. The van der Waals surface area contributed by atoms with E-state index in [1.54, 1.807) is 0 Å². The highest BCUT2D eigenvalue weighted by molar-refractivity contribution is 5.43. The summed E-state index contributed by atoms with van der Waals surface area (Å²) >= 11 is 0. The molecule has 0 unspecified atom stereocenters. The molecule has 2 aliphatic carbocycles. The summed E-state index contributed by atoms with van der Waals surface area (Å²) in [4.78, 5) is 9.46. The highest BCUT2D eigenvalue weighted by Gasteiger charge is 2.44. The van der Waals surface area contributed by atoms with E-state index in [1.165, 1.54) is 31.1 Å². The maximum Gasteiger partial charge on any atom is 0.221 e. The molecule has 1 fully saturated rings. The molecule has 3 rings (SSSR count). The van der Waals surface area contributed by atoms with Gasteiger partial charge in [0, 0.05) is 0 Å². The Hall–Kier alpha value is -1.14. The summed E-state index contributed by atoms with van der Waals surface area (Å²) in [5.74, 6) is 2.13. The van der Waals surface area contributed by atoms with E-state index in [0.29, 0.717) is 17.8 Å². The van der Waals surface area contributed by atoms with Crippen LogP contribution in [-0.4, -0.2) is 36.3 Å². The molecule has 158 valence electrons. The van der Waals surface area contributed by atoms with E-state index in [9.17, 15) is 10.2 Å². The Balaban J connectivity index is 1.60. The van der Waals surface area contributed by atoms with Crippen LogP contribution < -0.4 is 4.74 Å². The third-order valence-electron chi connectivity index (χ3n) is 6.70. The number of ether oxygens (including phenoxy) is 1. The molecular formula is C23H36O5. The van der Waals surface area contributed by atoms with Crippen LogP contribution in [0.15, 0.2) is 18.2 Å². The van der Waals surface area contributed by atoms with Crippen LogP contribution in [-0.2, 0) is 22.6 Å². The lowest BCUT2D eigenvalue weighted by Crippen LogP contribution is -2.28. The minimum Gasteiger partial charge on any atom is -0.464 e. The van der Waals surface area contributed by atoms with Crippen molar-refractivity contribution in [2.24, 2.45) is 17.8 Å². The van der Waals surface area contributed by atoms with Crippen LogP contribution >= 0.6 is 0 Å². The fraction of sp³-hybridized carbons (Fsp3) is 0.739. The normalized spacial score (nSPS) is 27.3. The molecular weight excluding hydrogens is 356 g/mol. The molecule has 1 aromatic rings. The summed E-state index contributed by atoms with van der Waals surface area (Å²) in [6.45, 7) is 2.26. The highest BCUT2D eigenvalue weighted by atomic mass is 17.2. The summed E-state index contributed by atoms with van der Waals surface area (Å²) in [7, 11) is 1.47. The third-order valence-corrected chi connectivity index (χ3v) is 6.70. The van der Waals surface area contributed by atoms with Crippen LogP contribution in [0.4, 0.5) is 0 Å². The first-order valence-electron chi connectivity index (χ1n) is 10.9. The average Bonchev–Trinajstić information content (AvgIpc) is 2.99. The van der Waals surface area contributed by atoms with Crippen molar-refractivity contribution in [3.63, 3.8) is 0 Å². The molecule has 1 saturated carbocycles. The standard InChI is InChI=1S/C23H36O5/c1-3-4-5-8-18(24)10-11-19-20-12-16-7-6-9-23(27-15-28-26-2)21(16)13-17(20)14-22(19)25/h6-7,9,17-20,22,24-25H,3-5,8,10-15H2,1-2H3/t17-,18-,19+,20-,22+/m0/s1. The molecule has 0 aromatic heterocycles. The van der Waals surface area contributed by atoms with Crippen LogP contribution in [0.2, 0.25) is 0 Å². The SMILES string of the molecule is CCCCC[C@H](O)CC[C@@H]1[C@H]2Cc3cccc(OCOOC)c3C[C@H]2C[C@H]1O. The van der Waals surface area contributed by atoms with Gasteiger partial charge in [0.15, 0.2) is 0 Å². The number of fused-ring (bicyclic) bond motifs is 2. The summed E-state index contributed by atoms with van der Waals surface area (Å²) in [6.07, 6.45) is 8.36. The molecule has 0 amide bonds. The van der Waals surface area contributed by atoms with Crippen molar-refractivity contribution in [2.45, 2.75) is 76.9 Å². The number of rotatable bonds is 11. The second kappa shape index (κ2) is 10.6. The van der Waals surface area contributed by atoms with Crippen LogP contribution in [0.25, 0.3) is 0 Å². The highest BCUT2D eigenvalue weighted by Crippen LogP contribution is 2.48. The number of aliphatic hydroxyl groups is 2. The van der Waals surface area contributed by atoms with E-state index >= 15 is 0 Å². The maximum atomic E-state index is 10.7. The number of unbranched alkanes of at least 4 members (excludes halogenated alkanes) is 2. The maximum absolute atomic E-state index is 10.7. The van der Waals surface area contributed by atoms with Gasteiger partial charge in [0.2, 0.25) is 6.79 Å². The zero-order chi connectivity index (χ0) is 19.9. The van der Waals surface area contributed by atoms with Gasteiger partial charge in [0.25, 0.3) is 0 Å². The summed E-state index contributed by atoms with van der Waals surface area (Å²) in [6, 6.07) is 6.18. The van der Waals surface area contributed by atoms with Crippen molar-refractivity contribution < 1.29 is 24.7 Å². The van der Waals surface area contributed by atoms with Gasteiger partial charge in [-0.05, 0) is 73.5 Å². The van der Waals surface area contributed by atoms with Gasteiger partial charge in [-0.1, -0.05) is 38.3 Å². The lowest BCUT2D eigenvalue weighted by Gasteiger charge is -2.32. The van der Waals surface area contributed by atoms with Gasteiger partial charge in [-0.2, -0.15) is 4.89 Å². The first-order valence-corrected chi connectivity index (χ1v) is 10.9. The van der Waals surface area contributed by atoms with E-state index in [-0.39, 0.29) is 19.0 Å². The predicted molar refractivity (Wildman–Crippen MR) is 108 cm³/mol. The lowest BCUT2D eigenvalue weighted by molar-refractivity contribution is -0.303. The van der Waals surface area contributed by atoms with Crippen molar-refractivity contribution in [3.05, 3.63) is 29.3 Å². The van der Waals surface area contributed by atoms with Gasteiger partial charge in [0.1, 0.15) is 5.75 Å². The van der Waals surface area contributed by atoms with Crippen molar-refractivity contribution in [1.29, 1.82) is 0 Å². The van der Waals surface area contributed by atoms with E-state index in [0.717, 1.165) is 50.7 Å². The monoisotopic (exact) mass is 392 g/mol. The zero-order valence-electron chi connectivity index (χ0n) is 17.3. The van der Waals surface area contributed by atoms with E-state index < -0.39 is 0 Å². The van der Waals surface area contributed by atoms with Crippen LogP contribution in [0.5, 0.6) is 5.75 Å². The minimum atomic E-state index is -0.256. The topological polar surface area (TPSA) is 68.2 Å². The van der Waals surface area contributed by atoms with Crippen molar-refractivity contribution in [1.82, 2.24) is 0 Å². The molecule has 28 heavy (non-hydrogen) atoms. The average molecular weight is 393 g/mol. The Morgan fingerprint density at radius 2 is 2.04 bits per heavy atom. The molecule has 0 aliphatic heterocycles. The van der Waals surface area contributed by atoms with Gasteiger partial charge >= 0.3 is 0 Å². The van der Waals surface area contributed by atoms with Gasteiger partial charge in [-0.25, -0.2) is 4.89 Å². The largest absolute Gasteiger partial charge is 0.464 e. The fourth-order valence-electron chi connectivity index (χ4n) is 5.23. The smallest absolute Gasteiger partial charge is 0.221 e. The second-order valence-corrected chi connectivity index (χ2v) is 8.47. The van der Waals surface area contributed by atoms with Gasteiger partial charge < -0.3 is 14.9 Å². The van der Waals surface area contributed by atoms with Crippen molar-refractivity contribution in [3.8, 4) is 5.75 Å². The van der Waals surface area contributed by atoms with Crippen LogP contribution in [0.1, 0.15) is 63.0 Å². The Morgan fingerprint density at radius 1 is 1.18 bits per heavy atom. The molecule has 0 saturated heterocycles. The van der Waals surface area contributed by atoms with Crippen molar-refractivity contribution in [2.75, 3.05) is 13.9 Å². The molecule has 0 spiro atoms. The Labute approximate surface area is 168 Å². The van der Waals surface area contributed by atoms with E-state index in [4.69, 9.17) is 9.62 Å². The molecule has 0 bridgehead atoms. The van der Waals surface area contributed by atoms with Gasteiger partial charge in [-0.15, -0.1) is 0 Å². The van der Waals surface area contributed by atoms with Gasteiger partial charge in [0.05, 0.1) is 19.3 Å².